The van der Waals surface area contributed by atoms with E-state index in [4.69, 9.17) is 9.47 Å². The van der Waals surface area contributed by atoms with E-state index in [1.807, 2.05) is 39.8 Å². The maximum Gasteiger partial charge on any atom is 0.407 e. The fourth-order valence-electron chi connectivity index (χ4n) is 2.26. The molecule has 0 aliphatic carbocycles. The molecule has 0 radical (unpaired) electrons. The summed E-state index contributed by atoms with van der Waals surface area (Å²) in [5, 5.41) is 11.6. The van der Waals surface area contributed by atoms with Gasteiger partial charge >= 0.3 is 6.09 Å². The molecular weight excluding hydrogens is 509 g/mol. The lowest BCUT2D eigenvalue weighted by molar-refractivity contribution is -0.107. The van der Waals surface area contributed by atoms with E-state index in [9.17, 15) is 14.7 Å². The fraction of sp³-hybridized carbons (Fsp3) is 0.333. The predicted molar refractivity (Wildman–Crippen MR) is 132 cm³/mol. The number of phenolic OH excluding ortho intramolecular Hbond substituents is 1. The molecule has 2 rings (SSSR count). The standard InChI is InChI=1S/C16H15IO3.C6H13NO2.C2H2/c1-11-9-12(3-2-8-18)10-15(17)16(11)20-14-6-4-13(19)5-7-14;1-6(2,3)9-5(8)7-4;1-2/h4-10,19H,2-3H2,1H3;1-4H3,(H,7,8);1-2H. The summed E-state index contributed by atoms with van der Waals surface area (Å²) in [6.07, 6.45) is 9.83. The topological polar surface area (TPSA) is 84.9 Å². The number of ether oxygens (including phenoxy) is 2. The Morgan fingerprint density at radius 2 is 1.77 bits per heavy atom. The van der Waals surface area contributed by atoms with E-state index in [1.54, 1.807) is 24.3 Å². The molecule has 2 aromatic rings. The third kappa shape index (κ3) is 11.9. The highest BCUT2D eigenvalue weighted by Crippen LogP contribution is 2.32. The number of aldehydes is 1. The first-order chi connectivity index (χ1) is 14.6. The van der Waals surface area contributed by atoms with Crippen molar-refractivity contribution in [3.8, 4) is 30.1 Å². The monoisotopic (exact) mass is 539 g/mol. The van der Waals surface area contributed by atoms with Crippen LogP contribution in [0.1, 0.15) is 38.3 Å². The third-order valence-electron chi connectivity index (χ3n) is 3.50. The molecule has 0 aliphatic heterocycles. The number of halogens is 1. The molecule has 0 unspecified atom stereocenters. The first-order valence-corrected chi connectivity index (χ1v) is 10.6. The number of hydrogen-bond donors (Lipinski definition) is 2. The Kier molecular flexibility index (Phi) is 13.0. The highest BCUT2D eigenvalue weighted by Gasteiger charge is 2.14. The number of hydrogen-bond acceptors (Lipinski definition) is 5. The number of aryl methyl sites for hydroxylation is 2. The lowest BCUT2D eigenvalue weighted by atomic mass is 10.1. The minimum atomic E-state index is -0.389. The van der Waals surface area contributed by atoms with Crippen molar-refractivity contribution in [2.75, 3.05) is 7.05 Å². The number of alkyl carbamates (subject to hydrolysis) is 1. The average Bonchev–Trinajstić information content (AvgIpc) is 2.71. The van der Waals surface area contributed by atoms with Crippen LogP contribution in [0.2, 0.25) is 0 Å². The van der Waals surface area contributed by atoms with Crippen LogP contribution in [-0.2, 0) is 16.0 Å². The molecule has 31 heavy (non-hydrogen) atoms. The van der Waals surface area contributed by atoms with E-state index >= 15 is 0 Å². The van der Waals surface area contributed by atoms with E-state index in [1.165, 1.54) is 7.05 Å². The summed E-state index contributed by atoms with van der Waals surface area (Å²) in [6, 6.07) is 10.7. The molecule has 0 bridgehead atoms. The smallest absolute Gasteiger partial charge is 0.407 e. The van der Waals surface area contributed by atoms with Gasteiger partial charge in [-0.25, -0.2) is 4.79 Å². The zero-order valence-corrected chi connectivity index (χ0v) is 20.7. The van der Waals surface area contributed by atoms with Crippen LogP contribution >= 0.6 is 22.6 Å². The van der Waals surface area contributed by atoms with Crippen LogP contribution < -0.4 is 10.1 Å². The molecule has 0 atom stereocenters. The van der Waals surface area contributed by atoms with Crippen molar-refractivity contribution >= 4 is 35.0 Å². The number of carbonyl (C=O) groups is 2. The van der Waals surface area contributed by atoms with Gasteiger partial charge in [0.25, 0.3) is 0 Å². The van der Waals surface area contributed by atoms with Gasteiger partial charge < -0.3 is 24.7 Å². The van der Waals surface area contributed by atoms with Gasteiger partial charge in [0, 0.05) is 13.5 Å². The van der Waals surface area contributed by atoms with Gasteiger partial charge in [-0.2, -0.15) is 0 Å². The molecule has 2 N–H and O–H groups in total. The first kappa shape index (κ1) is 28.3. The SMILES string of the molecule is C#C.CNC(=O)OC(C)(C)C.Cc1cc(CCC=O)cc(I)c1Oc1ccc(O)cc1. The number of carbonyl (C=O) groups excluding carboxylic acids is 2. The quantitative estimate of drug-likeness (QED) is 0.293. The first-order valence-electron chi connectivity index (χ1n) is 9.49. The van der Waals surface area contributed by atoms with E-state index in [0.717, 1.165) is 33.2 Å². The summed E-state index contributed by atoms with van der Waals surface area (Å²) >= 11 is 2.23. The minimum absolute atomic E-state index is 0.216. The molecule has 7 heteroatoms. The van der Waals surface area contributed by atoms with Gasteiger partial charge in [0.1, 0.15) is 29.1 Å². The Labute approximate surface area is 198 Å². The Morgan fingerprint density at radius 1 is 1.19 bits per heavy atom. The summed E-state index contributed by atoms with van der Waals surface area (Å²) in [5.41, 5.74) is 1.78. The van der Waals surface area contributed by atoms with Crippen LogP contribution in [0, 0.1) is 23.3 Å². The van der Waals surface area contributed by atoms with E-state index in [0.29, 0.717) is 12.2 Å². The predicted octanol–water partition coefficient (Wildman–Crippen LogP) is 5.62. The number of rotatable bonds is 5. The van der Waals surface area contributed by atoms with Gasteiger partial charge in [0.2, 0.25) is 0 Å². The highest BCUT2D eigenvalue weighted by molar-refractivity contribution is 14.1. The molecule has 2 aromatic carbocycles. The van der Waals surface area contributed by atoms with E-state index in [2.05, 4.69) is 40.8 Å². The van der Waals surface area contributed by atoms with E-state index in [-0.39, 0.29) is 17.4 Å². The van der Waals surface area contributed by atoms with Crippen molar-refractivity contribution in [1.29, 1.82) is 0 Å². The molecule has 0 spiro atoms. The fourth-order valence-corrected chi connectivity index (χ4v) is 3.20. The molecule has 168 valence electrons. The van der Waals surface area contributed by atoms with Crippen LogP contribution in [0.3, 0.4) is 0 Å². The Balaban J connectivity index is 0.000000692. The maximum absolute atomic E-state index is 10.5. The molecule has 1 amide bonds. The normalized spacial score (nSPS) is 9.81. The summed E-state index contributed by atoms with van der Waals surface area (Å²) in [7, 11) is 1.54. The largest absolute Gasteiger partial charge is 0.508 e. The number of nitrogens with one attached hydrogen (secondary N) is 1. The van der Waals surface area contributed by atoms with Crippen molar-refractivity contribution in [2.45, 2.75) is 46.1 Å². The van der Waals surface area contributed by atoms with Crippen LogP contribution in [0.4, 0.5) is 4.79 Å². The highest BCUT2D eigenvalue weighted by atomic mass is 127. The van der Waals surface area contributed by atoms with Crippen molar-refractivity contribution in [1.82, 2.24) is 5.32 Å². The molecule has 6 nitrogen and oxygen atoms in total. The van der Waals surface area contributed by atoms with Gasteiger partial charge in [-0.05, 0) is 98.2 Å². The molecular formula is C24H30INO5. The zero-order chi connectivity index (χ0) is 24.0. The number of phenols is 1. The van der Waals surface area contributed by atoms with Gasteiger partial charge in [-0.1, -0.05) is 6.07 Å². The van der Waals surface area contributed by atoms with Crippen molar-refractivity contribution in [3.05, 3.63) is 51.1 Å². The second kappa shape index (κ2) is 14.3. The van der Waals surface area contributed by atoms with Crippen LogP contribution in [0.5, 0.6) is 17.2 Å². The average molecular weight is 539 g/mol. The van der Waals surface area contributed by atoms with Crippen LogP contribution in [0.25, 0.3) is 0 Å². The molecule has 0 saturated carbocycles. The van der Waals surface area contributed by atoms with Crippen LogP contribution in [-0.4, -0.2) is 30.1 Å². The van der Waals surface area contributed by atoms with Crippen molar-refractivity contribution < 1.29 is 24.2 Å². The lowest BCUT2D eigenvalue weighted by Crippen LogP contribution is -2.30. The second-order valence-corrected chi connectivity index (χ2v) is 8.44. The molecule has 0 saturated heterocycles. The number of terminal acetylenes is 1. The summed E-state index contributed by atoms with van der Waals surface area (Å²) in [5.74, 6) is 1.71. The van der Waals surface area contributed by atoms with Gasteiger partial charge in [-0.15, -0.1) is 12.8 Å². The van der Waals surface area contributed by atoms with Crippen LogP contribution in [0.15, 0.2) is 36.4 Å². The second-order valence-electron chi connectivity index (χ2n) is 7.28. The molecule has 0 aliphatic rings. The minimum Gasteiger partial charge on any atom is -0.508 e. The lowest BCUT2D eigenvalue weighted by Gasteiger charge is -2.18. The molecule has 0 heterocycles. The zero-order valence-electron chi connectivity index (χ0n) is 18.6. The number of amides is 1. The van der Waals surface area contributed by atoms with Gasteiger partial charge in [0.15, 0.2) is 0 Å². The van der Waals surface area contributed by atoms with Crippen molar-refractivity contribution in [2.24, 2.45) is 0 Å². The number of aromatic hydroxyl groups is 1. The van der Waals surface area contributed by atoms with Gasteiger partial charge in [-0.3, -0.25) is 0 Å². The summed E-state index contributed by atoms with van der Waals surface area (Å²) in [4.78, 5) is 20.9. The Bertz CT molecular complexity index is 832. The third-order valence-corrected chi connectivity index (χ3v) is 4.30. The van der Waals surface area contributed by atoms with Gasteiger partial charge in [0.05, 0.1) is 3.57 Å². The maximum atomic E-state index is 10.5. The van der Waals surface area contributed by atoms with E-state index < -0.39 is 0 Å². The number of benzene rings is 2. The van der Waals surface area contributed by atoms with Crippen molar-refractivity contribution in [3.63, 3.8) is 0 Å². The molecule has 0 aromatic heterocycles. The summed E-state index contributed by atoms with van der Waals surface area (Å²) in [6.45, 7) is 7.45. The Hall–Kier alpha value is -2.73. The summed E-state index contributed by atoms with van der Waals surface area (Å²) < 4.78 is 11.7. The molecule has 0 fully saturated rings. The Morgan fingerprint density at radius 3 is 2.19 bits per heavy atom.